The molecule has 4 heteroatoms. The van der Waals surface area contributed by atoms with Gasteiger partial charge in [0.05, 0.1) is 24.0 Å². The predicted molar refractivity (Wildman–Crippen MR) is 96.5 cm³/mol. The Balaban J connectivity index is 1.54. The first-order valence-electron chi connectivity index (χ1n) is 8.65. The van der Waals surface area contributed by atoms with Crippen molar-refractivity contribution in [2.75, 3.05) is 0 Å². The number of hydrogen-bond donors (Lipinski definition) is 0. The Morgan fingerprint density at radius 2 is 1.58 bits per heavy atom. The van der Waals surface area contributed by atoms with Gasteiger partial charge in [-0.3, -0.25) is 4.79 Å². The van der Waals surface area contributed by atoms with Crippen molar-refractivity contribution in [1.82, 2.24) is 10.2 Å². The first-order chi connectivity index (χ1) is 12.7. The average Bonchev–Trinajstić information content (AvgIpc) is 3.18. The summed E-state index contributed by atoms with van der Waals surface area (Å²) in [6, 6.07) is 15.8. The molecule has 0 atom stereocenters. The van der Waals surface area contributed by atoms with Crippen molar-refractivity contribution in [3.05, 3.63) is 82.7 Å². The van der Waals surface area contributed by atoms with Gasteiger partial charge in [-0.2, -0.15) is 15.5 Å². The van der Waals surface area contributed by atoms with E-state index in [2.05, 4.69) is 22.3 Å². The Bertz CT molecular complexity index is 1090. The summed E-state index contributed by atoms with van der Waals surface area (Å²) < 4.78 is 0. The van der Waals surface area contributed by atoms with E-state index in [-0.39, 0.29) is 11.2 Å². The van der Waals surface area contributed by atoms with Crippen molar-refractivity contribution in [2.45, 2.75) is 19.3 Å². The molecule has 0 fully saturated rings. The lowest BCUT2D eigenvalue weighted by Gasteiger charge is -2.19. The maximum atomic E-state index is 13.3. The molecule has 4 nitrogen and oxygen atoms in total. The monoisotopic (exact) mass is 337 g/mol. The molecule has 1 spiro atoms. The van der Waals surface area contributed by atoms with Gasteiger partial charge in [0.2, 0.25) is 0 Å². The number of ketones is 1. The third-order valence-corrected chi connectivity index (χ3v) is 5.65. The number of aromatic nitrogens is 2. The van der Waals surface area contributed by atoms with E-state index in [0.717, 1.165) is 52.6 Å². The Hall–Kier alpha value is -3.32. The third kappa shape index (κ3) is 2.11. The van der Waals surface area contributed by atoms with Gasteiger partial charge in [0.15, 0.2) is 5.78 Å². The van der Waals surface area contributed by atoms with Crippen LogP contribution in [0.1, 0.15) is 32.6 Å². The maximum absolute atomic E-state index is 13.3. The van der Waals surface area contributed by atoms with E-state index < -0.39 is 0 Å². The van der Waals surface area contributed by atoms with Gasteiger partial charge in [0, 0.05) is 11.0 Å². The van der Waals surface area contributed by atoms with Crippen molar-refractivity contribution in [2.24, 2.45) is 5.41 Å². The van der Waals surface area contributed by atoms with Gasteiger partial charge < -0.3 is 0 Å². The summed E-state index contributed by atoms with van der Waals surface area (Å²) in [4.78, 5) is 13.3. The molecule has 1 aromatic heterocycles. The highest BCUT2D eigenvalue weighted by atomic mass is 16.1. The maximum Gasteiger partial charge on any atom is 0.170 e. The molecule has 0 aliphatic heterocycles. The molecule has 1 heterocycles. The molecule has 0 saturated heterocycles. The molecule has 2 aliphatic rings. The summed E-state index contributed by atoms with van der Waals surface area (Å²) in [5.74, 6) is 0.224. The van der Waals surface area contributed by atoms with E-state index in [4.69, 9.17) is 5.26 Å². The van der Waals surface area contributed by atoms with E-state index in [1.807, 2.05) is 30.3 Å². The van der Waals surface area contributed by atoms with Gasteiger partial charge in [-0.05, 0) is 65.3 Å². The van der Waals surface area contributed by atoms with Gasteiger partial charge in [-0.1, -0.05) is 24.3 Å². The SMILES string of the molecule is N#Cc1cccc(-c2ccc3c(c2)C(=O)C2(Cc4cnncc4C2)C3)c1. The molecular formula is C22H15N3O. The van der Waals surface area contributed by atoms with Crippen LogP contribution in [-0.4, -0.2) is 16.0 Å². The fourth-order valence-electron chi connectivity index (χ4n) is 4.39. The third-order valence-electron chi connectivity index (χ3n) is 5.65. The van der Waals surface area contributed by atoms with Crippen LogP contribution < -0.4 is 0 Å². The topological polar surface area (TPSA) is 66.6 Å². The van der Waals surface area contributed by atoms with E-state index in [1.165, 1.54) is 0 Å². The van der Waals surface area contributed by atoms with Crippen LogP contribution in [0.3, 0.4) is 0 Å². The number of nitrogens with zero attached hydrogens (tertiary/aromatic N) is 3. The molecular weight excluding hydrogens is 322 g/mol. The Kier molecular flexibility index (Phi) is 3.07. The van der Waals surface area contributed by atoms with Crippen molar-refractivity contribution < 1.29 is 4.79 Å². The van der Waals surface area contributed by atoms with Gasteiger partial charge in [-0.25, -0.2) is 0 Å². The molecule has 2 aliphatic carbocycles. The number of benzene rings is 2. The zero-order chi connectivity index (χ0) is 17.7. The predicted octanol–water partition coefficient (Wildman–Crippen LogP) is 3.54. The van der Waals surface area contributed by atoms with Crippen LogP contribution in [0.4, 0.5) is 0 Å². The summed E-state index contributed by atoms with van der Waals surface area (Å²) >= 11 is 0. The van der Waals surface area contributed by atoms with Crippen molar-refractivity contribution in [3.63, 3.8) is 0 Å². The minimum atomic E-state index is -0.373. The summed E-state index contributed by atoms with van der Waals surface area (Å²) in [6.45, 7) is 0. The van der Waals surface area contributed by atoms with E-state index in [0.29, 0.717) is 5.56 Å². The molecule has 3 aromatic rings. The van der Waals surface area contributed by atoms with Crippen molar-refractivity contribution in [1.29, 1.82) is 5.26 Å². The molecule has 0 unspecified atom stereocenters. The number of Topliss-reactive ketones (excluding diaryl/α,β-unsaturated/α-hetero) is 1. The number of nitriles is 1. The van der Waals surface area contributed by atoms with Gasteiger partial charge in [0.25, 0.3) is 0 Å². The molecule has 2 aromatic carbocycles. The smallest absolute Gasteiger partial charge is 0.170 e. The minimum Gasteiger partial charge on any atom is -0.294 e. The first kappa shape index (κ1) is 15.0. The molecule has 0 radical (unpaired) electrons. The fourth-order valence-corrected chi connectivity index (χ4v) is 4.39. The largest absolute Gasteiger partial charge is 0.294 e. The Morgan fingerprint density at radius 3 is 2.31 bits per heavy atom. The Labute approximate surface area is 151 Å². The highest BCUT2D eigenvalue weighted by Gasteiger charge is 2.49. The van der Waals surface area contributed by atoms with Crippen LogP contribution in [0.25, 0.3) is 11.1 Å². The first-order valence-corrected chi connectivity index (χ1v) is 8.65. The standard InChI is InChI=1S/C22H15N3O/c23-11-14-2-1-3-15(6-14)16-4-5-17-8-22(21(26)20(17)7-16)9-18-12-24-25-13-19(18)10-22/h1-7,12-13H,8-10H2. The highest BCUT2D eigenvalue weighted by molar-refractivity contribution is 6.06. The lowest BCUT2D eigenvalue weighted by molar-refractivity contribution is 0.0831. The number of carbonyl (C=O) groups is 1. The molecule has 0 bridgehead atoms. The lowest BCUT2D eigenvalue weighted by Crippen LogP contribution is -2.28. The van der Waals surface area contributed by atoms with E-state index >= 15 is 0 Å². The normalized spacial score (nSPS) is 16.3. The number of hydrogen-bond acceptors (Lipinski definition) is 4. The number of rotatable bonds is 1. The Morgan fingerprint density at radius 1 is 0.885 bits per heavy atom. The van der Waals surface area contributed by atoms with Gasteiger partial charge in [-0.15, -0.1) is 0 Å². The zero-order valence-electron chi connectivity index (χ0n) is 14.1. The quantitative estimate of drug-likeness (QED) is 0.681. The van der Waals surface area contributed by atoms with Crippen molar-refractivity contribution >= 4 is 5.78 Å². The second-order valence-electron chi connectivity index (χ2n) is 7.24. The second-order valence-corrected chi connectivity index (χ2v) is 7.24. The fraction of sp³-hybridized carbons (Fsp3) is 0.182. The second kappa shape index (κ2) is 5.34. The van der Waals surface area contributed by atoms with Gasteiger partial charge >= 0.3 is 0 Å². The van der Waals surface area contributed by atoms with Crippen LogP contribution in [0.2, 0.25) is 0 Å². The minimum absolute atomic E-state index is 0.224. The highest BCUT2D eigenvalue weighted by Crippen LogP contribution is 2.47. The van der Waals surface area contributed by atoms with Crippen LogP contribution in [0.15, 0.2) is 54.9 Å². The summed E-state index contributed by atoms with van der Waals surface area (Å²) in [7, 11) is 0. The molecule has 124 valence electrons. The van der Waals surface area contributed by atoms with E-state index in [9.17, 15) is 4.79 Å². The number of carbonyl (C=O) groups excluding carboxylic acids is 1. The van der Waals surface area contributed by atoms with Crippen LogP contribution in [0.5, 0.6) is 0 Å². The van der Waals surface area contributed by atoms with Crippen molar-refractivity contribution in [3.8, 4) is 17.2 Å². The average molecular weight is 337 g/mol. The molecule has 0 N–H and O–H groups in total. The zero-order valence-corrected chi connectivity index (χ0v) is 14.1. The lowest BCUT2D eigenvalue weighted by atomic mass is 9.81. The summed E-state index contributed by atoms with van der Waals surface area (Å²) in [6.07, 6.45) is 5.84. The number of fused-ring (bicyclic) bond motifs is 2. The van der Waals surface area contributed by atoms with E-state index in [1.54, 1.807) is 18.5 Å². The molecule has 26 heavy (non-hydrogen) atoms. The summed E-state index contributed by atoms with van der Waals surface area (Å²) in [5, 5.41) is 17.1. The van der Waals surface area contributed by atoms with Crippen LogP contribution in [0, 0.1) is 16.7 Å². The van der Waals surface area contributed by atoms with Crippen LogP contribution in [-0.2, 0) is 19.3 Å². The summed E-state index contributed by atoms with van der Waals surface area (Å²) in [5.41, 5.74) is 6.40. The van der Waals surface area contributed by atoms with Crippen LogP contribution >= 0.6 is 0 Å². The molecule has 0 amide bonds. The molecule has 0 saturated carbocycles. The molecule has 5 rings (SSSR count). The van der Waals surface area contributed by atoms with Gasteiger partial charge in [0.1, 0.15) is 0 Å².